The summed E-state index contributed by atoms with van der Waals surface area (Å²) in [5, 5.41) is 4.08. The van der Waals surface area contributed by atoms with Crippen LogP contribution in [0.3, 0.4) is 0 Å². The van der Waals surface area contributed by atoms with Crippen molar-refractivity contribution in [3.8, 4) is 0 Å². The third-order valence-corrected chi connectivity index (χ3v) is 3.99. The molecule has 104 valence electrons. The van der Waals surface area contributed by atoms with Gasteiger partial charge in [0.05, 0.1) is 18.4 Å². The van der Waals surface area contributed by atoms with Gasteiger partial charge in [-0.05, 0) is 18.9 Å². The van der Waals surface area contributed by atoms with Crippen LogP contribution in [0.1, 0.15) is 23.2 Å². The number of ether oxygens (including phenoxy) is 1. The summed E-state index contributed by atoms with van der Waals surface area (Å²) in [5.41, 5.74) is 6.20. The quantitative estimate of drug-likeness (QED) is 0.844. The maximum absolute atomic E-state index is 11.4. The van der Waals surface area contributed by atoms with E-state index in [9.17, 15) is 4.79 Å². The number of hydrogen-bond donors (Lipinski definition) is 1. The summed E-state index contributed by atoms with van der Waals surface area (Å²) in [7, 11) is 0. The van der Waals surface area contributed by atoms with Crippen LogP contribution >= 0.6 is 0 Å². The van der Waals surface area contributed by atoms with E-state index in [1.165, 1.54) is 6.20 Å². The molecular formula is C13H15N5O2. The highest BCUT2D eigenvalue weighted by Crippen LogP contribution is 2.29. The summed E-state index contributed by atoms with van der Waals surface area (Å²) in [4.78, 5) is 18.1. The second-order valence-electron chi connectivity index (χ2n) is 5.34. The molecule has 2 unspecified atom stereocenters. The normalized spacial score (nSPS) is 25.3. The Morgan fingerprint density at radius 2 is 2.10 bits per heavy atom. The number of carbonyl (C=O) groups is 1. The zero-order valence-corrected chi connectivity index (χ0v) is 10.9. The van der Waals surface area contributed by atoms with Gasteiger partial charge in [0.1, 0.15) is 11.4 Å². The first-order chi connectivity index (χ1) is 9.70. The number of rotatable bonds is 2. The zero-order chi connectivity index (χ0) is 13.7. The Balaban J connectivity index is 1.73. The van der Waals surface area contributed by atoms with Crippen LogP contribution in [0.5, 0.6) is 0 Å². The Hall–Kier alpha value is -2.15. The second kappa shape index (κ2) is 4.17. The Labute approximate surface area is 115 Å². The third kappa shape index (κ3) is 1.74. The van der Waals surface area contributed by atoms with Gasteiger partial charge >= 0.3 is 0 Å². The van der Waals surface area contributed by atoms with Crippen LogP contribution in [0.25, 0.3) is 5.65 Å². The number of fused-ring (bicyclic) bond motifs is 3. The second-order valence-corrected chi connectivity index (χ2v) is 5.34. The maximum Gasteiger partial charge on any atom is 0.254 e. The number of nitrogens with two attached hydrogens (primary N) is 1. The highest BCUT2D eigenvalue weighted by atomic mass is 16.5. The van der Waals surface area contributed by atoms with E-state index in [4.69, 9.17) is 10.5 Å². The van der Waals surface area contributed by atoms with Crippen molar-refractivity contribution in [3.05, 3.63) is 24.0 Å². The van der Waals surface area contributed by atoms with Gasteiger partial charge in [-0.15, -0.1) is 0 Å². The summed E-state index contributed by atoms with van der Waals surface area (Å²) < 4.78 is 7.39. The minimum absolute atomic E-state index is 0.298. The number of morpholine rings is 1. The number of hydrogen-bond acceptors (Lipinski definition) is 5. The fraction of sp³-hybridized carbons (Fsp3) is 0.462. The van der Waals surface area contributed by atoms with E-state index in [0.29, 0.717) is 23.4 Å². The number of amides is 1. The molecule has 0 saturated carbocycles. The molecule has 2 aromatic rings. The molecular weight excluding hydrogens is 258 g/mol. The van der Waals surface area contributed by atoms with Gasteiger partial charge in [-0.2, -0.15) is 5.10 Å². The standard InChI is InChI=1S/C13H15N5O2/c14-12(19)10-5-15-18-4-3-11(16-13(10)18)17-6-8-1-2-9(7-17)20-8/h3-5,8-9H,1-2,6-7H2,(H2,14,19). The molecule has 2 saturated heterocycles. The van der Waals surface area contributed by atoms with Crippen molar-refractivity contribution in [2.24, 2.45) is 5.73 Å². The fourth-order valence-corrected chi connectivity index (χ4v) is 3.01. The van der Waals surface area contributed by atoms with Crippen LogP contribution in [-0.4, -0.2) is 45.8 Å². The molecule has 0 radical (unpaired) electrons. The Morgan fingerprint density at radius 1 is 1.35 bits per heavy atom. The fourth-order valence-electron chi connectivity index (χ4n) is 3.01. The molecule has 0 aromatic carbocycles. The highest BCUT2D eigenvalue weighted by Gasteiger charge is 2.34. The lowest BCUT2D eigenvalue weighted by molar-refractivity contribution is 0.0302. The van der Waals surface area contributed by atoms with Gasteiger partial charge in [0.25, 0.3) is 5.91 Å². The zero-order valence-electron chi connectivity index (χ0n) is 10.9. The molecule has 2 aliphatic rings. The van der Waals surface area contributed by atoms with Crippen LogP contribution in [0.15, 0.2) is 18.5 Å². The average molecular weight is 273 g/mol. The predicted octanol–water partition coefficient (Wildman–Crippen LogP) is 0.196. The Kier molecular flexibility index (Phi) is 2.43. The molecule has 2 aliphatic heterocycles. The number of nitrogens with zero attached hydrogens (tertiary/aromatic N) is 4. The van der Waals surface area contributed by atoms with Gasteiger partial charge in [-0.25, -0.2) is 9.50 Å². The first kappa shape index (κ1) is 11.7. The van der Waals surface area contributed by atoms with Crippen molar-refractivity contribution >= 4 is 17.4 Å². The number of primary amides is 1. The highest BCUT2D eigenvalue weighted by molar-refractivity contribution is 5.98. The Bertz CT molecular complexity index is 670. The van der Waals surface area contributed by atoms with E-state index in [-0.39, 0.29) is 0 Å². The van der Waals surface area contributed by atoms with Gasteiger partial charge in [-0.3, -0.25) is 4.79 Å². The third-order valence-electron chi connectivity index (χ3n) is 3.99. The SMILES string of the molecule is NC(=O)c1cnn2ccc(N3CC4CCC(C3)O4)nc12. The molecule has 2 aromatic heterocycles. The van der Waals surface area contributed by atoms with Crippen molar-refractivity contribution in [2.45, 2.75) is 25.0 Å². The molecule has 20 heavy (non-hydrogen) atoms. The van der Waals surface area contributed by atoms with E-state index in [0.717, 1.165) is 31.7 Å². The van der Waals surface area contributed by atoms with Crippen molar-refractivity contribution in [1.82, 2.24) is 14.6 Å². The van der Waals surface area contributed by atoms with Crippen LogP contribution in [0, 0.1) is 0 Å². The molecule has 2 atom stereocenters. The van der Waals surface area contributed by atoms with Crippen LogP contribution in [-0.2, 0) is 4.74 Å². The van der Waals surface area contributed by atoms with Gasteiger partial charge in [-0.1, -0.05) is 0 Å². The molecule has 7 heteroatoms. The van der Waals surface area contributed by atoms with E-state index in [1.54, 1.807) is 4.52 Å². The van der Waals surface area contributed by atoms with E-state index in [2.05, 4.69) is 15.0 Å². The van der Waals surface area contributed by atoms with E-state index < -0.39 is 5.91 Å². The largest absolute Gasteiger partial charge is 0.371 e. The summed E-state index contributed by atoms with van der Waals surface area (Å²) in [6.45, 7) is 1.69. The van der Waals surface area contributed by atoms with Crippen molar-refractivity contribution in [1.29, 1.82) is 0 Å². The average Bonchev–Trinajstić information content (AvgIpc) is 3.01. The molecule has 2 fully saturated rings. The summed E-state index contributed by atoms with van der Waals surface area (Å²) in [6.07, 6.45) is 6.09. The maximum atomic E-state index is 11.4. The molecule has 4 heterocycles. The van der Waals surface area contributed by atoms with Crippen LogP contribution < -0.4 is 10.6 Å². The van der Waals surface area contributed by atoms with Crippen molar-refractivity contribution < 1.29 is 9.53 Å². The van der Waals surface area contributed by atoms with Gasteiger partial charge in [0.15, 0.2) is 5.65 Å². The first-order valence-electron chi connectivity index (χ1n) is 6.75. The predicted molar refractivity (Wildman–Crippen MR) is 71.6 cm³/mol. The smallest absolute Gasteiger partial charge is 0.254 e. The molecule has 7 nitrogen and oxygen atoms in total. The van der Waals surface area contributed by atoms with Gasteiger partial charge < -0.3 is 15.4 Å². The molecule has 2 N–H and O–H groups in total. The molecule has 0 spiro atoms. The molecule has 2 bridgehead atoms. The minimum atomic E-state index is -0.508. The molecule has 0 aliphatic carbocycles. The van der Waals surface area contributed by atoms with Gasteiger partial charge in [0, 0.05) is 19.3 Å². The first-order valence-corrected chi connectivity index (χ1v) is 6.75. The van der Waals surface area contributed by atoms with Crippen molar-refractivity contribution in [2.75, 3.05) is 18.0 Å². The van der Waals surface area contributed by atoms with E-state index in [1.807, 2.05) is 12.3 Å². The molecule has 4 rings (SSSR count). The van der Waals surface area contributed by atoms with Crippen molar-refractivity contribution in [3.63, 3.8) is 0 Å². The van der Waals surface area contributed by atoms with Crippen LogP contribution in [0.4, 0.5) is 5.82 Å². The Morgan fingerprint density at radius 3 is 2.80 bits per heavy atom. The van der Waals surface area contributed by atoms with E-state index >= 15 is 0 Å². The number of carbonyl (C=O) groups excluding carboxylic acids is 1. The van der Waals surface area contributed by atoms with Gasteiger partial charge in [0.2, 0.25) is 0 Å². The topological polar surface area (TPSA) is 85.8 Å². The molecule has 1 amide bonds. The number of anilines is 1. The minimum Gasteiger partial charge on any atom is -0.371 e. The lowest BCUT2D eigenvalue weighted by Crippen LogP contribution is -2.43. The summed E-state index contributed by atoms with van der Waals surface area (Å²) in [5.74, 6) is 0.340. The number of aromatic nitrogens is 3. The summed E-state index contributed by atoms with van der Waals surface area (Å²) in [6, 6.07) is 1.91. The monoisotopic (exact) mass is 273 g/mol. The summed E-state index contributed by atoms with van der Waals surface area (Å²) >= 11 is 0. The van der Waals surface area contributed by atoms with Crippen LogP contribution in [0.2, 0.25) is 0 Å². The lowest BCUT2D eigenvalue weighted by atomic mass is 10.2. The lowest BCUT2D eigenvalue weighted by Gasteiger charge is -2.32.